The third-order valence-electron chi connectivity index (χ3n) is 3.99. The summed E-state index contributed by atoms with van der Waals surface area (Å²) in [7, 11) is 0. The highest BCUT2D eigenvalue weighted by atomic mass is 16.6. The number of epoxide rings is 1. The van der Waals surface area contributed by atoms with Gasteiger partial charge in [-0.15, -0.1) is 0 Å². The van der Waals surface area contributed by atoms with Gasteiger partial charge in [-0.3, -0.25) is 4.90 Å². The first kappa shape index (κ1) is 13.4. The summed E-state index contributed by atoms with van der Waals surface area (Å²) in [4.78, 5) is 15.3. The predicted molar refractivity (Wildman–Crippen MR) is 74.8 cm³/mol. The second-order valence-corrected chi connectivity index (χ2v) is 5.53. The second-order valence-electron chi connectivity index (χ2n) is 5.53. The number of hydrogen-bond donors (Lipinski definition) is 1. The van der Waals surface area contributed by atoms with Crippen LogP contribution in [0.4, 0.5) is 4.79 Å². The molecule has 0 aliphatic carbocycles. The smallest absolute Gasteiger partial charge is 0.407 e. The first-order valence-electron chi connectivity index (χ1n) is 7.10. The minimum Gasteiger partial charge on any atom is -0.465 e. The van der Waals surface area contributed by atoms with Gasteiger partial charge in [0.2, 0.25) is 0 Å². The fourth-order valence-corrected chi connectivity index (χ4v) is 2.86. The number of benzene rings is 1. The van der Waals surface area contributed by atoms with E-state index in [1.165, 1.54) is 5.56 Å². The Kier molecular flexibility index (Phi) is 3.89. The fourth-order valence-electron chi connectivity index (χ4n) is 2.86. The van der Waals surface area contributed by atoms with E-state index in [1.54, 1.807) is 4.90 Å². The predicted octanol–water partition coefficient (Wildman–Crippen LogP) is 1.29. The highest BCUT2D eigenvalue weighted by Crippen LogP contribution is 2.18. The molecular weight excluding hydrogens is 256 g/mol. The molecule has 0 saturated carbocycles. The van der Waals surface area contributed by atoms with Gasteiger partial charge in [-0.05, 0) is 12.0 Å². The van der Waals surface area contributed by atoms with Crippen LogP contribution in [0, 0.1) is 0 Å². The van der Waals surface area contributed by atoms with Gasteiger partial charge in [0.1, 0.15) is 0 Å². The van der Waals surface area contributed by atoms with E-state index in [0.29, 0.717) is 12.6 Å². The lowest BCUT2D eigenvalue weighted by Gasteiger charge is -2.40. The van der Waals surface area contributed by atoms with Crippen molar-refractivity contribution in [3.8, 4) is 0 Å². The quantitative estimate of drug-likeness (QED) is 0.842. The van der Waals surface area contributed by atoms with E-state index >= 15 is 0 Å². The monoisotopic (exact) mass is 276 g/mol. The molecule has 1 aromatic carbocycles. The molecule has 20 heavy (non-hydrogen) atoms. The van der Waals surface area contributed by atoms with Crippen molar-refractivity contribution in [2.45, 2.75) is 18.6 Å². The summed E-state index contributed by atoms with van der Waals surface area (Å²) < 4.78 is 5.27. The topological polar surface area (TPSA) is 56.3 Å². The van der Waals surface area contributed by atoms with Crippen molar-refractivity contribution in [2.75, 3.05) is 32.8 Å². The molecule has 0 radical (unpaired) electrons. The third-order valence-corrected chi connectivity index (χ3v) is 3.99. The van der Waals surface area contributed by atoms with Crippen LogP contribution in [0.1, 0.15) is 5.56 Å². The highest BCUT2D eigenvalue weighted by Gasteiger charge is 2.33. The van der Waals surface area contributed by atoms with E-state index in [2.05, 4.69) is 17.0 Å². The number of rotatable bonds is 4. The molecule has 3 rings (SSSR count). The molecule has 1 N–H and O–H groups in total. The molecule has 2 fully saturated rings. The van der Waals surface area contributed by atoms with Gasteiger partial charge >= 0.3 is 6.09 Å². The van der Waals surface area contributed by atoms with Crippen molar-refractivity contribution in [1.29, 1.82) is 0 Å². The maximum atomic E-state index is 11.4. The van der Waals surface area contributed by atoms with Crippen LogP contribution in [0.2, 0.25) is 0 Å². The molecule has 2 aliphatic rings. The fraction of sp³-hybridized carbons (Fsp3) is 0.533. The van der Waals surface area contributed by atoms with E-state index in [4.69, 9.17) is 4.74 Å². The van der Waals surface area contributed by atoms with Crippen LogP contribution < -0.4 is 0 Å². The Balaban J connectivity index is 1.66. The Morgan fingerprint density at radius 2 is 2.05 bits per heavy atom. The SMILES string of the molecule is O=C(O)N1CCN(CC2CO2)C[C@H]1Cc1ccccc1. The standard InChI is InChI=1S/C15H20N2O3/c18-15(19)17-7-6-16(10-14-11-20-14)9-13(17)8-12-4-2-1-3-5-12/h1-5,13-14H,6-11H2,(H,18,19)/t13-,14?/m1/s1. The Hall–Kier alpha value is -1.59. The minimum absolute atomic E-state index is 0.0300. The average molecular weight is 276 g/mol. The number of piperazine rings is 1. The van der Waals surface area contributed by atoms with Crippen LogP contribution in [0.3, 0.4) is 0 Å². The van der Waals surface area contributed by atoms with Gasteiger partial charge in [0.25, 0.3) is 0 Å². The number of nitrogens with zero attached hydrogens (tertiary/aromatic N) is 2. The first-order chi connectivity index (χ1) is 9.72. The molecule has 0 spiro atoms. The van der Waals surface area contributed by atoms with Gasteiger partial charge < -0.3 is 14.7 Å². The van der Waals surface area contributed by atoms with E-state index < -0.39 is 6.09 Å². The summed E-state index contributed by atoms with van der Waals surface area (Å²) in [5.74, 6) is 0. The summed E-state index contributed by atoms with van der Waals surface area (Å²) in [6.07, 6.45) is 0.326. The van der Waals surface area contributed by atoms with E-state index in [9.17, 15) is 9.90 Å². The lowest BCUT2D eigenvalue weighted by Crippen LogP contribution is -2.56. The largest absolute Gasteiger partial charge is 0.465 e. The van der Waals surface area contributed by atoms with Gasteiger partial charge in [-0.1, -0.05) is 30.3 Å². The molecule has 5 nitrogen and oxygen atoms in total. The molecule has 1 aromatic rings. The van der Waals surface area contributed by atoms with E-state index in [-0.39, 0.29) is 6.04 Å². The number of hydrogen-bond acceptors (Lipinski definition) is 3. The summed E-state index contributed by atoms with van der Waals surface area (Å²) in [5.41, 5.74) is 1.19. The molecule has 5 heteroatoms. The maximum absolute atomic E-state index is 11.4. The average Bonchev–Trinajstić information content (AvgIpc) is 3.24. The number of carbonyl (C=O) groups is 1. The minimum atomic E-state index is -0.812. The zero-order valence-corrected chi connectivity index (χ0v) is 11.4. The van der Waals surface area contributed by atoms with Crippen molar-refractivity contribution < 1.29 is 14.6 Å². The Morgan fingerprint density at radius 3 is 2.70 bits per heavy atom. The molecule has 2 heterocycles. The van der Waals surface area contributed by atoms with E-state index in [1.807, 2.05) is 18.2 Å². The molecule has 0 bridgehead atoms. The van der Waals surface area contributed by atoms with Crippen LogP contribution >= 0.6 is 0 Å². The van der Waals surface area contributed by atoms with E-state index in [0.717, 1.165) is 32.7 Å². The van der Waals surface area contributed by atoms with Crippen LogP contribution in [0.15, 0.2) is 30.3 Å². The Labute approximate surface area is 118 Å². The molecule has 108 valence electrons. The van der Waals surface area contributed by atoms with Gasteiger partial charge in [0, 0.05) is 26.2 Å². The van der Waals surface area contributed by atoms with Crippen LogP contribution in [0.25, 0.3) is 0 Å². The lowest BCUT2D eigenvalue weighted by atomic mass is 10.0. The second kappa shape index (κ2) is 5.81. The summed E-state index contributed by atoms with van der Waals surface area (Å²) in [5, 5.41) is 9.35. The molecule has 1 unspecified atom stereocenters. The molecule has 0 aromatic heterocycles. The van der Waals surface area contributed by atoms with Gasteiger partial charge in [0.15, 0.2) is 0 Å². The highest BCUT2D eigenvalue weighted by molar-refractivity contribution is 5.65. The van der Waals surface area contributed by atoms with Crippen LogP contribution in [0.5, 0.6) is 0 Å². The zero-order valence-electron chi connectivity index (χ0n) is 11.4. The maximum Gasteiger partial charge on any atom is 0.407 e. The molecule has 2 atom stereocenters. The number of carboxylic acid groups (broad SMARTS) is 1. The summed E-state index contributed by atoms with van der Waals surface area (Å²) in [6.45, 7) is 3.96. The summed E-state index contributed by atoms with van der Waals surface area (Å²) >= 11 is 0. The van der Waals surface area contributed by atoms with Crippen molar-refractivity contribution in [3.05, 3.63) is 35.9 Å². The zero-order chi connectivity index (χ0) is 13.9. The number of ether oxygens (including phenoxy) is 1. The van der Waals surface area contributed by atoms with Crippen molar-refractivity contribution in [1.82, 2.24) is 9.80 Å². The summed E-state index contributed by atoms with van der Waals surface area (Å²) in [6, 6.07) is 10.1. The molecule has 2 saturated heterocycles. The van der Waals surface area contributed by atoms with Crippen LogP contribution in [-0.4, -0.2) is 65.9 Å². The Bertz CT molecular complexity index is 461. The van der Waals surface area contributed by atoms with Gasteiger partial charge in [0.05, 0.1) is 18.8 Å². The van der Waals surface area contributed by atoms with Gasteiger partial charge in [-0.25, -0.2) is 4.79 Å². The first-order valence-corrected chi connectivity index (χ1v) is 7.10. The van der Waals surface area contributed by atoms with Crippen molar-refractivity contribution >= 4 is 6.09 Å². The van der Waals surface area contributed by atoms with Crippen molar-refractivity contribution in [2.24, 2.45) is 0 Å². The molecule has 1 amide bonds. The van der Waals surface area contributed by atoms with Gasteiger partial charge in [-0.2, -0.15) is 0 Å². The molecule has 2 aliphatic heterocycles. The third kappa shape index (κ3) is 3.29. The van der Waals surface area contributed by atoms with Crippen molar-refractivity contribution in [3.63, 3.8) is 0 Å². The number of amides is 1. The normalized spacial score (nSPS) is 26.5. The van der Waals surface area contributed by atoms with Crippen LogP contribution in [-0.2, 0) is 11.2 Å². The Morgan fingerprint density at radius 1 is 1.30 bits per heavy atom. The molecular formula is C15H20N2O3. The lowest BCUT2D eigenvalue weighted by molar-refractivity contribution is 0.0647.